The Morgan fingerprint density at radius 1 is 1.18 bits per heavy atom. The number of nitrogens with zero attached hydrogens (tertiary/aromatic N) is 1. The van der Waals surface area contributed by atoms with Gasteiger partial charge in [-0.2, -0.15) is 12.6 Å². The standard InChI is InChI=1S/C16H29NO4S/c1-15(2,3)21-14(20)17-12(22)10-8-6-5-7-9-11-16(17,4)13(18)19/h12,22H,5-11H2,1-4H3,(H,18,19)/t12-,16?/m1/s1. The van der Waals surface area contributed by atoms with Gasteiger partial charge in [-0.3, -0.25) is 4.90 Å². The first-order chi connectivity index (χ1) is 10.1. The largest absolute Gasteiger partial charge is 0.480 e. The third kappa shape index (κ3) is 5.07. The molecule has 0 radical (unpaired) electrons. The van der Waals surface area contributed by atoms with Gasteiger partial charge in [-0.1, -0.05) is 32.1 Å². The molecule has 6 heteroatoms. The zero-order valence-electron chi connectivity index (χ0n) is 14.1. The molecule has 0 aromatic heterocycles. The van der Waals surface area contributed by atoms with E-state index in [-0.39, 0.29) is 0 Å². The van der Waals surface area contributed by atoms with Crippen molar-refractivity contribution in [2.24, 2.45) is 0 Å². The van der Waals surface area contributed by atoms with Gasteiger partial charge < -0.3 is 9.84 Å². The molecule has 22 heavy (non-hydrogen) atoms. The van der Waals surface area contributed by atoms with Crippen LogP contribution in [0.4, 0.5) is 4.79 Å². The normalized spacial score (nSPS) is 28.0. The predicted octanol–water partition coefficient (Wildman–Crippen LogP) is 4.07. The zero-order valence-corrected chi connectivity index (χ0v) is 15.0. The highest BCUT2D eigenvalue weighted by atomic mass is 32.1. The second kappa shape index (κ2) is 7.57. The van der Waals surface area contributed by atoms with Crippen LogP contribution in [0, 0.1) is 0 Å². The highest BCUT2D eigenvalue weighted by Gasteiger charge is 2.46. The van der Waals surface area contributed by atoms with Crippen LogP contribution in [0.25, 0.3) is 0 Å². The first-order valence-electron chi connectivity index (χ1n) is 8.02. The van der Waals surface area contributed by atoms with E-state index in [1.165, 1.54) is 4.90 Å². The van der Waals surface area contributed by atoms with E-state index in [9.17, 15) is 14.7 Å². The summed E-state index contributed by atoms with van der Waals surface area (Å²) in [5.74, 6) is -1.00. The summed E-state index contributed by atoms with van der Waals surface area (Å²) in [4.78, 5) is 25.8. The number of hydrogen-bond donors (Lipinski definition) is 2. The number of carbonyl (C=O) groups excluding carboxylic acids is 1. The van der Waals surface area contributed by atoms with Crippen LogP contribution in [0.2, 0.25) is 0 Å². The second-order valence-corrected chi connectivity index (χ2v) is 7.81. The van der Waals surface area contributed by atoms with Gasteiger partial charge in [-0.05, 0) is 40.5 Å². The number of carboxylic acid groups (broad SMARTS) is 1. The van der Waals surface area contributed by atoms with Gasteiger partial charge in [0.2, 0.25) is 0 Å². The zero-order chi connectivity index (χ0) is 17.0. The van der Waals surface area contributed by atoms with Crippen molar-refractivity contribution >= 4 is 24.7 Å². The van der Waals surface area contributed by atoms with Crippen LogP contribution in [-0.4, -0.2) is 38.6 Å². The summed E-state index contributed by atoms with van der Waals surface area (Å²) in [5, 5.41) is 9.28. The van der Waals surface area contributed by atoms with E-state index in [1.54, 1.807) is 27.7 Å². The van der Waals surface area contributed by atoms with E-state index in [4.69, 9.17) is 4.74 Å². The Balaban J connectivity index is 3.11. The molecule has 0 aromatic rings. The third-order valence-corrected chi connectivity index (χ3v) is 4.50. The smallest absolute Gasteiger partial charge is 0.412 e. The van der Waals surface area contributed by atoms with Crippen molar-refractivity contribution in [2.75, 3.05) is 0 Å². The Hall–Kier alpha value is -0.910. The van der Waals surface area contributed by atoms with Crippen LogP contribution in [0.5, 0.6) is 0 Å². The van der Waals surface area contributed by atoms with Crippen LogP contribution in [0.1, 0.15) is 72.6 Å². The van der Waals surface area contributed by atoms with Crippen molar-refractivity contribution in [3.63, 3.8) is 0 Å². The SMILES string of the molecule is CC(C)(C)OC(=O)N1[C@H](S)CCCCCCCC1(C)C(=O)O. The van der Waals surface area contributed by atoms with Crippen LogP contribution in [0.15, 0.2) is 0 Å². The predicted molar refractivity (Wildman–Crippen MR) is 89.2 cm³/mol. The molecule has 1 saturated heterocycles. The lowest BCUT2D eigenvalue weighted by atomic mass is 9.90. The van der Waals surface area contributed by atoms with Crippen molar-refractivity contribution in [2.45, 2.75) is 89.2 Å². The van der Waals surface area contributed by atoms with Gasteiger partial charge in [0, 0.05) is 0 Å². The summed E-state index contributed by atoms with van der Waals surface area (Å²) in [6, 6.07) is 0. The molecule has 1 N–H and O–H groups in total. The van der Waals surface area contributed by atoms with Gasteiger partial charge in [0.15, 0.2) is 0 Å². The lowest BCUT2D eigenvalue weighted by Gasteiger charge is -2.42. The number of ether oxygens (including phenoxy) is 1. The Morgan fingerprint density at radius 3 is 2.27 bits per heavy atom. The Morgan fingerprint density at radius 2 is 1.73 bits per heavy atom. The molecule has 1 fully saturated rings. The molecule has 128 valence electrons. The number of rotatable bonds is 1. The third-order valence-electron chi connectivity index (χ3n) is 4.01. The van der Waals surface area contributed by atoms with E-state index in [0.717, 1.165) is 32.1 Å². The molecule has 0 saturated carbocycles. The van der Waals surface area contributed by atoms with Gasteiger partial charge in [-0.15, -0.1) is 0 Å². The maximum absolute atomic E-state index is 12.6. The molecule has 0 aliphatic carbocycles. The van der Waals surface area contributed by atoms with Gasteiger partial charge in [0.1, 0.15) is 11.1 Å². The topological polar surface area (TPSA) is 66.8 Å². The lowest BCUT2D eigenvalue weighted by molar-refractivity contribution is -0.151. The fraction of sp³-hybridized carbons (Fsp3) is 0.875. The Bertz CT molecular complexity index is 407. The summed E-state index contributed by atoms with van der Waals surface area (Å²) in [5.41, 5.74) is -1.95. The van der Waals surface area contributed by atoms with Crippen molar-refractivity contribution in [3.05, 3.63) is 0 Å². The van der Waals surface area contributed by atoms with Crippen LogP contribution >= 0.6 is 12.6 Å². The number of amides is 1. The second-order valence-electron chi connectivity index (χ2n) is 7.22. The van der Waals surface area contributed by atoms with E-state index < -0.39 is 28.6 Å². The average Bonchev–Trinajstić information content (AvgIpc) is 2.35. The van der Waals surface area contributed by atoms with Gasteiger partial charge in [0.05, 0.1) is 5.37 Å². The van der Waals surface area contributed by atoms with Gasteiger partial charge in [-0.25, -0.2) is 9.59 Å². The molecular weight excluding hydrogens is 302 g/mol. The first-order valence-corrected chi connectivity index (χ1v) is 8.53. The van der Waals surface area contributed by atoms with E-state index in [0.29, 0.717) is 12.8 Å². The summed E-state index contributed by atoms with van der Waals surface area (Å²) >= 11 is 4.51. The summed E-state index contributed by atoms with van der Waals surface area (Å²) in [6.07, 6.45) is 5.38. The first kappa shape index (κ1) is 19.1. The highest BCUT2D eigenvalue weighted by Crippen LogP contribution is 2.32. The molecule has 0 spiro atoms. The minimum absolute atomic E-state index is 0.415. The minimum atomic E-state index is -1.29. The molecule has 1 heterocycles. The molecule has 2 atom stereocenters. The van der Waals surface area contributed by atoms with Crippen molar-refractivity contribution in [1.29, 1.82) is 0 Å². The van der Waals surface area contributed by atoms with E-state index >= 15 is 0 Å². The fourth-order valence-corrected chi connectivity index (χ4v) is 3.28. The molecule has 1 unspecified atom stereocenters. The molecule has 0 bridgehead atoms. The number of carbonyl (C=O) groups is 2. The van der Waals surface area contributed by atoms with E-state index in [2.05, 4.69) is 12.6 Å². The molecule has 1 amide bonds. The number of hydrogen-bond acceptors (Lipinski definition) is 4. The monoisotopic (exact) mass is 331 g/mol. The summed E-state index contributed by atoms with van der Waals surface area (Å²) in [7, 11) is 0. The van der Waals surface area contributed by atoms with Crippen molar-refractivity contribution in [3.8, 4) is 0 Å². The number of thiol groups is 1. The molecule has 5 nitrogen and oxygen atoms in total. The quantitative estimate of drug-likeness (QED) is 0.711. The maximum Gasteiger partial charge on any atom is 0.412 e. The van der Waals surface area contributed by atoms with Gasteiger partial charge in [0.25, 0.3) is 0 Å². The van der Waals surface area contributed by atoms with Crippen LogP contribution in [0.3, 0.4) is 0 Å². The number of aliphatic carboxylic acids is 1. The lowest BCUT2D eigenvalue weighted by Crippen LogP contribution is -2.59. The molecule has 1 rings (SSSR count). The van der Waals surface area contributed by atoms with Crippen molar-refractivity contribution in [1.82, 2.24) is 4.90 Å². The fourth-order valence-electron chi connectivity index (χ4n) is 2.75. The summed E-state index contributed by atoms with van der Waals surface area (Å²) in [6.45, 7) is 6.93. The maximum atomic E-state index is 12.6. The number of carboxylic acids is 1. The van der Waals surface area contributed by atoms with Crippen LogP contribution < -0.4 is 0 Å². The molecular formula is C16H29NO4S. The molecule has 0 aromatic carbocycles. The highest BCUT2D eigenvalue weighted by molar-refractivity contribution is 7.80. The summed E-state index contributed by atoms with van der Waals surface area (Å²) < 4.78 is 5.44. The van der Waals surface area contributed by atoms with Gasteiger partial charge >= 0.3 is 12.1 Å². The molecule has 1 aliphatic rings. The van der Waals surface area contributed by atoms with Crippen molar-refractivity contribution < 1.29 is 19.4 Å². The van der Waals surface area contributed by atoms with Crippen LogP contribution in [-0.2, 0) is 9.53 Å². The molecule has 1 aliphatic heterocycles. The Labute approximate surface area is 138 Å². The Kier molecular flexibility index (Phi) is 6.59. The average molecular weight is 331 g/mol. The van der Waals surface area contributed by atoms with E-state index in [1.807, 2.05) is 0 Å². The minimum Gasteiger partial charge on any atom is -0.480 e.